The fourth-order valence-corrected chi connectivity index (χ4v) is 5.99. The standard InChI is InChI=1S/C26H34Cl2N2/c1-18-9-11-21(12-10-18)26(24-14-13-22(27)15-25(24)28)30-17-19(2)29(16-20(30)3)23-7-5-4-6-8-23/h9-15,19-20,23,26H,4-8,16-17H2,1-3H3. The lowest BCUT2D eigenvalue weighted by molar-refractivity contribution is -0.00913. The Kier molecular flexibility index (Phi) is 7.09. The Bertz CT molecular complexity index is 845. The predicted octanol–water partition coefficient (Wildman–Crippen LogP) is 7.12. The highest BCUT2D eigenvalue weighted by Crippen LogP contribution is 2.38. The zero-order valence-corrected chi connectivity index (χ0v) is 20.0. The van der Waals surface area contributed by atoms with Gasteiger partial charge in [0.1, 0.15) is 0 Å². The molecule has 3 unspecified atom stereocenters. The second-order valence-corrected chi connectivity index (χ2v) is 10.2. The highest BCUT2D eigenvalue weighted by Gasteiger charge is 2.38. The van der Waals surface area contributed by atoms with Crippen molar-refractivity contribution in [1.82, 2.24) is 9.80 Å². The summed E-state index contributed by atoms with van der Waals surface area (Å²) < 4.78 is 0. The Morgan fingerprint density at radius 1 is 0.867 bits per heavy atom. The van der Waals surface area contributed by atoms with Crippen LogP contribution in [-0.2, 0) is 0 Å². The molecule has 0 amide bonds. The van der Waals surface area contributed by atoms with Crippen LogP contribution in [0.15, 0.2) is 42.5 Å². The van der Waals surface area contributed by atoms with Crippen molar-refractivity contribution in [3.05, 3.63) is 69.2 Å². The Hall–Kier alpha value is -1.06. The maximum atomic E-state index is 6.74. The van der Waals surface area contributed by atoms with E-state index >= 15 is 0 Å². The van der Waals surface area contributed by atoms with E-state index in [1.54, 1.807) is 0 Å². The molecule has 4 rings (SSSR count). The van der Waals surface area contributed by atoms with Gasteiger partial charge in [-0.15, -0.1) is 0 Å². The van der Waals surface area contributed by atoms with Gasteiger partial charge in [-0.25, -0.2) is 0 Å². The minimum atomic E-state index is 0.140. The van der Waals surface area contributed by atoms with Crippen LogP contribution >= 0.6 is 23.2 Å². The van der Waals surface area contributed by atoms with Gasteiger partial charge in [0.15, 0.2) is 0 Å². The molecule has 1 aliphatic carbocycles. The molecule has 3 atom stereocenters. The summed E-state index contributed by atoms with van der Waals surface area (Å²) in [6.45, 7) is 9.10. The SMILES string of the molecule is Cc1ccc(C(c2ccc(Cl)cc2Cl)N2CC(C)N(C3CCCCC3)CC2C)cc1. The van der Waals surface area contributed by atoms with Crippen LogP contribution in [0.3, 0.4) is 0 Å². The van der Waals surface area contributed by atoms with Gasteiger partial charge in [-0.2, -0.15) is 0 Å². The first-order valence-corrected chi connectivity index (χ1v) is 12.2. The molecule has 0 bridgehead atoms. The van der Waals surface area contributed by atoms with Crippen LogP contribution in [0.1, 0.15) is 68.7 Å². The van der Waals surface area contributed by atoms with Crippen LogP contribution in [0, 0.1) is 6.92 Å². The number of benzene rings is 2. The minimum absolute atomic E-state index is 0.140. The molecule has 1 heterocycles. The van der Waals surface area contributed by atoms with Crippen LogP contribution in [0.25, 0.3) is 0 Å². The van der Waals surface area contributed by atoms with E-state index in [0.29, 0.717) is 17.1 Å². The van der Waals surface area contributed by atoms with Gasteiger partial charge >= 0.3 is 0 Å². The predicted molar refractivity (Wildman–Crippen MR) is 129 cm³/mol. The van der Waals surface area contributed by atoms with Gasteiger partial charge in [0.25, 0.3) is 0 Å². The van der Waals surface area contributed by atoms with Gasteiger partial charge in [0.05, 0.1) is 6.04 Å². The van der Waals surface area contributed by atoms with Crippen molar-refractivity contribution in [2.75, 3.05) is 13.1 Å². The first-order chi connectivity index (χ1) is 14.4. The lowest BCUT2D eigenvalue weighted by Gasteiger charge is -2.51. The minimum Gasteiger partial charge on any atom is -0.295 e. The van der Waals surface area contributed by atoms with Crippen LogP contribution in [0.2, 0.25) is 10.0 Å². The van der Waals surface area contributed by atoms with Crippen molar-refractivity contribution in [2.45, 2.75) is 77.0 Å². The highest BCUT2D eigenvalue weighted by atomic mass is 35.5. The molecule has 2 fully saturated rings. The van der Waals surface area contributed by atoms with Crippen LogP contribution in [-0.4, -0.2) is 41.0 Å². The van der Waals surface area contributed by atoms with Gasteiger partial charge in [-0.1, -0.05) is 78.4 Å². The van der Waals surface area contributed by atoms with E-state index in [4.69, 9.17) is 23.2 Å². The number of rotatable bonds is 4. The van der Waals surface area contributed by atoms with E-state index in [1.807, 2.05) is 12.1 Å². The second kappa shape index (κ2) is 9.61. The van der Waals surface area contributed by atoms with E-state index in [2.05, 4.69) is 60.9 Å². The van der Waals surface area contributed by atoms with Crippen molar-refractivity contribution >= 4 is 23.2 Å². The van der Waals surface area contributed by atoms with Gasteiger partial charge in [0, 0.05) is 41.3 Å². The Morgan fingerprint density at radius 3 is 2.23 bits per heavy atom. The number of nitrogens with zero attached hydrogens (tertiary/aromatic N) is 2. The highest BCUT2D eigenvalue weighted by molar-refractivity contribution is 6.35. The van der Waals surface area contributed by atoms with E-state index in [-0.39, 0.29) is 6.04 Å². The number of piperazine rings is 1. The first kappa shape index (κ1) is 22.1. The lowest BCUT2D eigenvalue weighted by Crippen LogP contribution is -2.60. The van der Waals surface area contributed by atoms with E-state index in [0.717, 1.165) is 29.7 Å². The Morgan fingerprint density at radius 2 is 1.57 bits per heavy atom. The summed E-state index contributed by atoms with van der Waals surface area (Å²) in [5.41, 5.74) is 3.73. The van der Waals surface area contributed by atoms with E-state index in [9.17, 15) is 0 Å². The summed E-state index contributed by atoms with van der Waals surface area (Å²) in [5, 5.41) is 1.44. The number of hydrogen-bond donors (Lipinski definition) is 0. The summed E-state index contributed by atoms with van der Waals surface area (Å²) in [6.07, 6.45) is 6.91. The largest absolute Gasteiger partial charge is 0.295 e. The monoisotopic (exact) mass is 444 g/mol. The van der Waals surface area contributed by atoms with Crippen molar-refractivity contribution in [3.8, 4) is 0 Å². The quantitative estimate of drug-likeness (QED) is 0.494. The lowest BCUT2D eigenvalue weighted by atomic mass is 9.89. The summed E-state index contributed by atoms with van der Waals surface area (Å²) in [4.78, 5) is 5.44. The average Bonchev–Trinajstić information content (AvgIpc) is 2.74. The third kappa shape index (κ3) is 4.72. The second-order valence-electron chi connectivity index (χ2n) is 9.36. The fourth-order valence-electron chi connectivity index (χ4n) is 5.48. The summed E-state index contributed by atoms with van der Waals surface area (Å²) in [5.74, 6) is 0. The summed E-state index contributed by atoms with van der Waals surface area (Å²) >= 11 is 13.0. The molecule has 30 heavy (non-hydrogen) atoms. The third-order valence-corrected chi connectivity index (χ3v) is 7.67. The van der Waals surface area contributed by atoms with Gasteiger partial charge < -0.3 is 0 Å². The van der Waals surface area contributed by atoms with Crippen molar-refractivity contribution in [2.24, 2.45) is 0 Å². The molecule has 0 N–H and O–H groups in total. The molecule has 2 nitrogen and oxygen atoms in total. The fraction of sp³-hybridized carbons (Fsp3) is 0.538. The van der Waals surface area contributed by atoms with E-state index < -0.39 is 0 Å². The first-order valence-electron chi connectivity index (χ1n) is 11.5. The smallest absolute Gasteiger partial charge is 0.0619 e. The van der Waals surface area contributed by atoms with Crippen LogP contribution in [0.4, 0.5) is 0 Å². The van der Waals surface area contributed by atoms with Crippen molar-refractivity contribution in [1.29, 1.82) is 0 Å². The topological polar surface area (TPSA) is 6.48 Å². The normalized spacial score (nSPS) is 25.4. The van der Waals surface area contributed by atoms with Crippen molar-refractivity contribution < 1.29 is 0 Å². The molecular weight excluding hydrogens is 411 g/mol. The summed E-state index contributed by atoms with van der Waals surface area (Å²) in [6, 6.07) is 16.8. The summed E-state index contributed by atoms with van der Waals surface area (Å²) in [7, 11) is 0. The Labute approximate surface area is 192 Å². The average molecular weight is 445 g/mol. The van der Waals surface area contributed by atoms with Gasteiger partial charge in [-0.05, 0) is 56.9 Å². The molecule has 0 radical (unpaired) electrons. The van der Waals surface area contributed by atoms with Crippen LogP contribution < -0.4 is 0 Å². The molecule has 2 aliphatic rings. The molecular formula is C26H34Cl2N2. The molecule has 2 aromatic carbocycles. The van der Waals surface area contributed by atoms with Gasteiger partial charge in [-0.3, -0.25) is 9.80 Å². The maximum absolute atomic E-state index is 6.74. The molecule has 1 aliphatic heterocycles. The molecule has 1 saturated carbocycles. The molecule has 1 saturated heterocycles. The molecule has 0 spiro atoms. The maximum Gasteiger partial charge on any atom is 0.0619 e. The zero-order chi connectivity index (χ0) is 21.3. The number of hydrogen-bond acceptors (Lipinski definition) is 2. The zero-order valence-electron chi connectivity index (χ0n) is 18.5. The van der Waals surface area contributed by atoms with E-state index in [1.165, 1.54) is 43.2 Å². The molecule has 4 heteroatoms. The molecule has 162 valence electrons. The third-order valence-electron chi connectivity index (χ3n) is 7.11. The number of halogens is 2. The van der Waals surface area contributed by atoms with Gasteiger partial charge in [0.2, 0.25) is 0 Å². The van der Waals surface area contributed by atoms with Crippen LogP contribution in [0.5, 0.6) is 0 Å². The molecule has 2 aromatic rings. The molecule has 0 aromatic heterocycles. The number of aryl methyl sites for hydroxylation is 1. The Balaban J connectivity index is 1.66. The van der Waals surface area contributed by atoms with Crippen molar-refractivity contribution in [3.63, 3.8) is 0 Å².